The quantitative estimate of drug-likeness (QED) is 0.230. The number of thiazole rings is 1. The van der Waals surface area contributed by atoms with Crippen LogP contribution >= 0.6 is 11.3 Å². The molecule has 3 N–H and O–H groups in total. The Labute approximate surface area is 233 Å². The molecule has 0 saturated carbocycles. The molecule has 0 saturated heterocycles. The molecule has 3 aromatic rings. The van der Waals surface area contributed by atoms with Crippen LogP contribution in [0.3, 0.4) is 0 Å². The first-order valence-corrected chi connectivity index (χ1v) is 13.6. The first-order valence-electron chi connectivity index (χ1n) is 12.7. The molecule has 2 atom stereocenters. The number of carboxylic acid groups (broad SMARTS) is 1. The van der Waals surface area contributed by atoms with Gasteiger partial charge in [0.25, 0.3) is 5.91 Å². The highest BCUT2D eigenvalue weighted by molar-refractivity contribution is 7.13. The summed E-state index contributed by atoms with van der Waals surface area (Å²) in [5.41, 5.74) is -0.526. The van der Waals surface area contributed by atoms with Gasteiger partial charge >= 0.3 is 12.3 Å². The smallest absolute Gasteiger partial charge is 0.416 e. The van der Waals surface area contributed by atoms with E-state index in [1.165, 1.54) is 24.5 Å². The number of carbonyl (C=O) groups is 3. The van der Waals surface area contributed by atoms with Crippen LogP contribution < -0.4 is 5.32 Å². The third-order valence-electron chi connectivity index (χ3n) is 6.44. The van der Waals surface area contributed by atoms with Crippen LogP contribution in [0, 0.1) is 5.41 Å². The number of anilines is 1. The van der Waals surface area contributed by atoms with Crippen LogP contribution in [0.5, 0.6) is 0 Å². The summed E-state index contributed by atoms with van der Waals surface area (Å²) in [7, 11) is 0. The molecule has 0 bridgehead atoms. The Bertz CT molecular complexity index is 1300. The molecule has 3 rings (SSSR count). The third-order valence-corrected chi connectivity index (χ3v) is 7.13. The highest BCUT2D eigenvalue weighted by atomic mass is 32.1. The van der Waals surface area contributed by atoms with Crippen molar-refractivity contribution in [2.45, 2.75) is 71.6 Å². The summed E-state index contributed by atoms with van der Waals surface area (Å²) in [6, 6.07) is 2.57. The van der Waals surface area contributed by atoms with E-state index < -0.39 is 47.0 Å². The minimum Gasteiger partial charge on any atom is -0.465 e. The topological polar surface area (TPSA) is 128 Å². The van der Waals surface area contributed by atoms with Crippen molar-refractivity contribution in [3.05, 3.63) is 53.4 Å². The van der Waals surface area contributed by atoms with Crippen LogP contribution in [0.15, 0.2) is 42.0 Å². The second-order valence-corrected chi connectivity index (χ2v) is 11.3. The number of nitrogens with one attached hydrogen (secondary N) is 2. The molecule has 13 heteroatoms. The molecule has 0 spiro atoms. The second-order valence-electron chi connectivity index (χ2n) is 10.4. The largest absolute Gasteiger partial charge is 0.465 e. The fourth-order valence-corrected chi connectivity index (χ4v) is 4.85. The number of carbonyl (C=O) groups excluding carboxylic acids is 2. The number of hydrogen-bond donors (Lipinski definition) is 3. The number of aromatic amines is 1. The van der Waals surface area contributed by atoms with Gasteiger partial charge in [0.2, 0.25) is 5.78 Å². The molecule has 0 aliphatic heterocycles. The number of alkyl halides is 3. The highest BCUT2D eigenvalue weighted by Crippen LogP contribution is 2.33. The Morgan fingerprint density at radius 2 is 1.80 bits per heavy atom. The van der Waals surface area contributed by atoms with Crippen LogP contribution in [0.1, 0.15) is 58.3 Å². The number of H-pyrrole nitrogens is 1. The van der Waals surface area contributed by atoms with Crippen molar-refractivity contribution in [3.63, 3.8) is 0 Å². The second kappa shape index (κ2) is 12.6. The number of aromatic nitrogens is 3. The van der Waals surface area contributed by atoms with Crippen molar-refractivity contribution in [3.8, 4) is 11.3 Å². The number of amides is 2. The van der Waals surface area contributed by atoms with Crippen LogP contribution in [-0.4, -0.2) is 54.8 Å². The molecule has 216 valence electrons. The standard InChI is InChI=1S/C27H32F3N5O4S/c1-5-6-7-19(22(36)23(37)34-24-31-12-13-40-24)35(25(38)39)20(26(2,3)4)14-21-32-15-18(33-21)16-8-10-17(11-9-16)27(28,29)30/h8-13,15,19-20H,5-7,14H2,1-4H3,(H,32,33)(H,38,39)(H,31,34,37)/t19-,20?/m0/s1. The van der Waals surface area contributed by atoms with Crippen molar-refractivity contribution in [1.82, 2.24) is 19.9 Å². The maximum absolute atomic E-state index is 13.3. The van der Waals surface area contributed by atoms with Gasteiger partial charge in [-0.3, -0.25) is 19.8 Å². The first kappa shape index (κ1) is 30.8. The number of ketones is 1. The van der Waals surface area contributed by atoms with Gasteiger partial charge in [0.1, 0.15) is 11.9 Å². The Morgan fingerprint density at radius 3 is 2.33 bits per heavy atom. The fraction of sp³-hybridized carbons (Fsp3) is 0.444. The van der Waals surface area contributed by atoms with Crippen LogP contribution in [0.25, 0.3) is 11.3 Å². The van der Waals surface area contributed by atoms with Gasteiger partial charge in [-0.2, -0.15) is 13.2 Å². The van der Waals surface area contributed by atoms with Crippen molar-refractivity contribution >= 4 is 34.3 Å². The van der Waals surface area contributed by atoms with Crippen LogP contribution in [0.2, 0.25) is 0 Å². The molecule has 0 fully saturated rings. The molecule has 0 radical (unpaired) electrons. The van der Waals surface area contributed by atoms with E-state index in [9.17, 15) is 32.7 Å². The Balaban J connectivity index is 1.91. The predicted molar refractivity (Wildman–Crippen MR) is 145 cm³/mol. The summed E-state index contributed by atoms with van der Waals surface area (Å²) in [6.07, 6.45) is -1.47. The van der Waals surface area contributed by atoms with Crippen LogP contribution in [0.4, 0.5) is 23.1 Å². The maximum Gasteiger partial charge on any atom is 0.416 e. The summed E-state index contributed by atoms with van der Waals surface area (Å²) < 4.78 is 38.8. The third kappa shape index (κ3) is 7.68. The molecule has 2 aromatic heterocycles. The van der Waals surface area contributed by atoms with Gasteiger partial charge in [0, 0.05) is 24.0 Å². The lowest BCUT2D eigenvalue weighted by atomic mass is 9.82. The molecular weight excluding hydrogens is 547 g/mol. The Kier molecular flexibility index (Phi) is 9.72. The zero-order valence-electron chi connectivity index (χ0n) is 22.6. The number of benzene rings is 1. The van der Waals surface area contributed by atoms with E-state index in [4.69, 9.17) is 0 Å². The van der Waals surface area contributed by atoms with E-state index in [0.29, 0.717) is 29.9 Å². The number of Topliss-reactive ketones (excluding diaryl/α,β-unsaturated/α-hetero) is 1. The van der Waals surface area contributed by atoms with Crippen molar-refractivity contribution < 1.29 is 32.7 Å². The van der Waals surface area contributed by atoms with Crippen LogP contribution in [-0.2, 0) is 22.2 Å². The summed E-state index contributed by atoms with van der Waals surface area (Å²) in [6.45, 7) is 7.37. The first-order chi connectivity index (χ1) is 18.7. The lowest BCUT2D eigenvalue weighted by Crippen LogP contribution is -2.57. The fourth-order valence-electron chi connectivity index (χ4n) is 4.33. The Hall–Kier alpha value is -3.74. The van der Waals surface area contributed by atoms with E-state index >= 15 is 0 Å². The van der Waals surface area contributed by atoms with Crippen molar-refractivity contribution in [2.24, 2.45) is 5.41 Å². The SMILES string of the molecule is CCCC[C@@H](C(=O)C(=O)Nc1nccs1)N(C(=O)O)C(Cc1ncc(-c2ccc(C(F)(F)F)cc2)[nH]1)C(C)(C)C. The molecule has 1 aromatic carbocycles. The van der Waals surface area contributed by atoms with Gasteiger partial charge in [-0.25, -0.2) is 14.8 Å². The van der Waals surface area contributed by atoms with Gasteiger partial charge in [-0.1, -0.05) is 52.7 Å². The monoisotopic (exact) mass is 579 g/mol. The van der Waals surface area contributed by atoms with E-state index in [0.717, 1.165) is 28.4 Å². The molecule has 2 amide bonds. The highest BCUT2D eigenvalue weighted by Gasteiger charge is 2.42. The number of halogens is 3. The number of imidazole rings is 1. The van der Waals surface area contributed by atoms with E-state index in [1.807, 2.05) is 27.7 Å². The molecule has 9 nitrogen and oxygen atoms in total. The lowest BCUT2D eigenvalue weighted by Gasteiger charge is -2.42. The number of hydrogen-bond acceptors (Lipinski definition) is 6. The number of unbranched alkanes of at least 4 members (excludes halogenated alkanes) is 1. The average molecular weight is 580 g/mol. The van der Waals surface area contributed by atoms with E-state index in [-0.39, 0.29) is 18.0 Å². The van der Waals surface area contributed by atoms with Gasteiger partial charge < -0.3 is 10.1 Å². The van der Waals surface area contributed by atoms with Gasteiger partial charge in [-0.15, -0.1) is 11.3 Å². The van der Waals surface area contributed by atoms with Gasteiger partial charge in [0.15, 0.2) is 5.13 Å². The van der Waals surface area contributed by atoms with Crippen molar-refractivity contribution in [1.29, 1.82) is 0 Å². The maximum atomic E-state index is 13.3. The van der Waals surface area contributed by atoms with Gasteiger partial charge in [-0.05, 0) is 29.5 Å². The molecule has 1 unspecified atom stereocenters. The minimum atomic E-state index is -4.46. The summed E-state index contributed by atoms with van der Waals surface area (Å²) in [4.78, 5) is 51.2. The Morgan fingerprint density at radius 1 is 1.12 bits per heavy atom. The molecule has 40 heavy (non-hydrogen) atoms. The zero-order chi connectivity index (χ0) is 29.7. The van der Waals surface area contributed by atoms with E-state index in [1.54, 1.807) is 5.38 Å². The molecule has 0 aliphatic carbocycles. The van der Waals surface area contributed by atoms with Crippen molar-refractivity contribution in [2.75, 3.05) is 5.32 Å². The molecule has 0 aliphatic rings. The summed E-state index contributed by atoms with van der Waals surface area (Å²) in [5.74, 6) is -1.45. The normalized spacial score (nSPS) is 13.5. The number of rotatable bonds is 11. The predicted octanol–water partition coefficient (Wildman–Crippen LogP) is 6.26. The van der Waals surface area contributed by atoms with E-state index in [2.05, 4.69) is 20.3 Å². The summed E-state index contributed by atoms with van der Waals surface area (Å²) >= 11 is 1.13. The minimum absolute atomic E-state index is 0.0699. The molecular formula is C27H32F3N5O4S. The summed E-state index contributed by atoms with van der Waals surface area (Å²) in [5, 5.41) is 14.6. The molecule has 2 heterocycles. The lowest BCUT2D eigenvalue weighted by molar-refractivity contribution is -0.139. The zero-order valence-corrected chi connectivity index (χ0v) is 23.4. The van der Waals surface area contributed by atoms with Gasteiger partial charge in [0.05, 0.1) is 17.5 Å². The average Bonchev–Trinajstić information content (AvgIpc) is 3.56. The number of nitrogens with zero attached hydrogens (tertiary/aromatic N) is 3.